The average Bonchev–Trinajstić information content (AvgIpc) is 2.90. The molecule has 0 aliphatic carbocycles. The van der Waals surface area contributed by atoms with Crippen LogP contribution in [0, 0.1) is 0 Å². The SMILES string of the molecule is CCCCCCCCCCCCCCCCCC(=O)NC(C)CCC[N+](CC)(CC)Cc1ccccc1. The zero-order valence-electron chi connectivity index (χ0n) is 25.4. The van der Waals surface area contributed by atoms with Gasteiger partial charge in [0.25, 0.3) is 0 Å². The standard InChI is InChI=1S/C34H62N2O/c1-5-8-9-10-11-12-13-14-15-16-17-18-19-20-24-29-34(37)35-32(4)26-25-30-36(6-2,7-3)31-33-27-22-21-23-28-33/h21-23,27-28,32H,5-20,24-26,29-31H2,1-4H3/p+1. The lowest BCUT2D eigenvalue weighted by atomic mass is 10.0. The van der Waals surface area contributed by atoms with Crippen LogP contribution >= 0.6 is 0 Å². The van der Waals surface area contributed by atoms with Gasteiger partial charge >= 0.3 is 0 Å². The van der Waals surface area contributed by atoms with Gasteiger partial charge in [0.1, 0.15) is 6.54 Å². The van der Waals surface area contributed by atoms with E-state index in [0.29, 0.717) is 6.42 Å². The van der Waals surface area contributed by atoms with Gasteiger partial charge < -0.3 is 9.80 Å². The maximum Gasteiger partial charge on any atom is 0.220 e. The van der Waals surface area contributed by atoms with Crippen LogP contribution in [0.3, 0.4) is 0 Å². The van der Waals surface area contributed by atoms with Gasteiger partial charge in [-0.1, -0.05) is 127 Å². The molecule has 37 heavy (non-hydrogen) atoms. The summed E-state index contributed by atoms with van der Waals surface area (Å²) in [5, 5.41) is 3.26. The van der Waals surface area contributed by atoms with Gasteiger partial charge in [-0.25, -0.2) is 0 Å². The van der Waals surface area contributed by atoms with E-state index in [1.807, 2.05) is 0 Å². The van der Waals surface area contributed by atoms with Gasteiger partial charge in [-0.3, -0.25) is 4.79 Å². The normalized spacial score (nSPS) is 12.5. The fraction of sp³-hybridized carbons (Fsp3) is 0.794. The molecule has 1 atom stereocenters. The second kappa shape index (κ2) is 22.6. The van der Waals surface area contributed by atoms with E-state index in [4.69, 9.17) is 0 Å². The third-order valence-electron chi connectivity index (χ3n) is 8.39. The molecule has 1 N–H and O–H groups in total. The van der Waals surface area contributed by atoms with Gasteiger partial charge in [-0.05, 0) is 40.0 Å². The van der Waals surface area contributed by atoms with E-state index in [2.05, 4.69) is 63.3 Å². The topological polar surface area (TPSA) is 29.1 Å². The largest absolute Gasteiger partial charge is 0.354 e. The molecule has 214 valence electrons. The van der Waals surface area contributed by atoms with E-state index in [-0.39, 0.29) is 11.9 Å². The highest BCUT2D eigenvalue weighted by molar-refractivity contribution is 5.76. The van der Waals surface area contributed by atoms with E-state index in [1.54, 1.807) is 0 Å². The van der Waals surface area contributed by atoms with Crippen molar-refractivity contribution in [3.05, 3.63) is 35.9 Å². The molecule has 0 bridgehead atoms. The Kier molecular flexibility index (Phi) is 20.6. The number of carbonyl (C=O) groups excluding carboxylic acids is 1. The summed E-state index contributed by atoms with van der Waals surface area (Å²) in [7, 11) is 0. The number of nitrogens with one attached hydrogen (secondary N) is 1. The number of carbonyl (C=O) groups is 1. The lowest BCUT2D eigenvalue weighted by molar-refractivity contribution is -0.938. The number of benzene rings is 1. The fourth-order valence-corrected chi connectivity index (χ4v) is 5.62. The van der Waals surface area contributed by atoms with Gasteiger partial charge in [0.2, 0.25) is 5.91 Å². The summed E-state index contributed by atoms with van der Waals surface area (Å²) in [5.74, 6) is 0.248. The van der Waals surface area contributed by atoms with Crippen LogP contribution in [-0.2, 0) is 11.3 Å². The number of nitrogens with zero attached hydrogens (tertiary/aromatic N) is 1. The van der Waals surface area contributed by atoms with E-state index < -0.39 is 0 Å². The van der Waals surface area contributed by atoms with Crippen LogP contribution in [0.25, 0.3) is 0 Å². The zero-order valence-corrected chi connectivity index (χ0v) is 25.4. The minimum Gasteiger partial charge on any atom is -0.354 e. The summed E-state index contributed by atoms with van der Waals surface area (Å²) in [6.45, 7) is 13.7. The van der Waals surface area contributed by atoms with Crippen molar-refractivity contribution in [2.75, 3.05) is 19.6 Å². The molecule has 0 aliphatic heterocycles. The molecule has 0 radical (unpaired) electrons. The quantitative estimate of drug-likeness (QED) is 0.102. The number of amides is 1. The van der Waals surface area contributed by atoms with Gasteiger partial charge in [0.05, 0.1) is 19.6 Å². The highest BCUT2D eigenvalue weighted by Gasteiger charge is 2.23. The third kappa shape index (κ3) is 17.7. The summed E-state index contributed by atoms with van der Waals surface area (Å²) < 4.78 is 1.13. The summed E-state index contributed by atoms with van der Waals surface area (Å²) in [4.78, 5) is 12.4. The van der Waals surface area contributed by atoms with Crippen LogP contribution in [-0.4, -0.2) is 36.1 Å². The molecule has 1 unspecified atom stereocenters. The van der Waals surface area contributed by atoms with Crippen LogP contribution < -0.4 is 5.32 Å². The molecule has 0 aliphatic rings. The smallest absolute Gasteiger partial charge is 0.220 e. The number of hydrogen-bond donors (Lipinski definition) is 1. The lowest BCUT2D eigenvalue weighted by Gasteiger charge is -2.37. The third-order valence-corrected chi connectivity index (χ3v) is 8.39. The monoisotopic (exact) mass is 515 g/mol. The van der Waals surface area contributed by atoms with Crippen LogP contribution in [0.15, 0.2) is 30.3 Å². The summed E-state index contributed by atoms with van der Waals surface area (Å²) in [5.41, 5.74) is 1.43. The molecule has 3 heteroatoms. The van der Waals surface area contributed by atoms with Gasteiger partial charge in [0.15, 0.2) is 0 Å². The number of rotatable bonds is 25. The lowest BCUT2D eigenvalue weighted by Crippen LogP contribution is -2.48. The summed E-state index contributed by atoms with van der Waals surface area (Å²) in [6.07, 6.45) is 23.4. The van der Waals surface area contributed by atoms with Crippen molar-refractivity contribution in [2.24, 2.45) is 0 Å². The van der Waals surface area contributed by atoms with Crippen molar-refractivity contribution >= 4 is 5.91 Å². The Morgan fingerprint density at radius 3 is 1.68 bits per heavy atom. The highest BCUT2D eigenvalue weighted by Crippen LogP contribution is 2.17. The van der Waals surface area contributed by atoms with Crippen molar-refractivity contribution in [3.63, 3.8) is 0 Å². The van der Waals surface area contributed by atoms with E-state index in [0.717, 1.165) is 43.4 Å². The van der Waals surface area contributed by atoms with E-state index in [1.165, 1.54) is 102 Å². The minimum absolute atomic E-state index is 0.248. The average molecular weight is 516 g/mol. The molecule has 0 spiro atoms. The first kappa shape index (κ1) is 33.7. The Bertz CT molecular complexity index is 640. The molecular weight excluding hydrogens is 452 g/mol. The molecule has 1 aromatic rings. The van der Waals surface area contributed by atoms with Crippen LogP contribution in [0.1, 0.15) is 149 Å². The Morgan fingerprint density at radius 1 is 0.703 bits per heavy atom. The van der Waals surface area contributed by atoms with Crippen LogP contribution in [0.2, 0.25) is 0 Å². The maximum atomic E-state index is 12.4. The highest BCUT2D eigenvalue weighted by atomic mass is 16.1. The van der Waals surface area contributed by atoms with Gasteiger partial charge in [-0.2, -0.15) is 0 Å². The Morgan fingerprint density at radius 2 is 1.19 bits per heavy atom. The Labute approximate surface area is 231 Å². The molecule has 1 amide bonds. The molecule has 0 heterocycles. The zero-order chi connectivity index (χ0) is 27.0. The van der Waals surface area contributed by atoms with Crippen LogP contribution in [0.5, 0.6) is 0 Å². The van der Waals surface area contributed by atoms with Crippen LogP contribution in [0.4, 0.5) is 0 Å². The fourth-order valence-electron chi connectivity index (χ4n) is 5.62. The number of unbranched alkanes of at least 4 members (excludes halogenated alkanes) is 14. The predicted octanol–water partition coefficient (Wildman–Crippen LogP) is 9.59. The second-order valence-electron chi connectivity index (χ2n) is 11.7. The Hall–Kier alpha value is -1.35. The minimum atomic E-state index is 0.248. The molecule has 0 fully saturated rings. The van der Waals surface area contributed by atoms with Crippen molar-refractivity contribution in [2.45, 2.75) is 156 Å². The molecule has 0 aromatic heterocycles. The molecule has 3 nitrogen and oxygen atoms in total. The molecular formula is C34H63N2O+. The van der Waals surface area contributed by atoms with Crippen molar-refractivity contribution < 1.29 is 9.28 Å². The van der Waals surface area contributed by atoms with Crippen molar-refractivity contribution in [1.29, 1.82) is 0 Å². The van der Waals surface area contributed by atoms with Crippen molar-refractivity contribution in [3.8, 4) is 0 Å². The molecule has 0 saturated carbocycles. The first-order valence-corrected chi connectivity index (χ1v) is 16.2. The number of hydrogen-bond acceptors (Lipinski definition) is 1. The van der Waals surface area contributed by atoms with E-state index in [9.17, 15) is 4.79 Å². The molecule has 1 rings (SSSR count). The second-order valence-corrected chi connectivity index (χ2v) is 11.7. The molecule has 1 aromatic carbocycles. The van der Waals surface area contributed by atoms with Gasteiger partial charge in [-0.15, -0.1) is 0 Å². The number of quaternary nitrogens is 1. The summed E-state index contributed by atoms with van der Waals surface area (Å²) >= 11 is 0. The summed E-state index contributed by atoms with van der Waals surface area (Å²) in [6, 6.07) is 11.2. The first-order valence-electron chi connectivity index (χ1n) is 16.2. The van der Waals surface area contributed by atoms with E-state index >= 15 is 0 Å². The van der Waals surface area contributed by atoms with Gasteiger partial charge in [0, 0.05) is 18.0 Å². The Balaban J connectivity index is 2.01. The molecule has 0 saturated heterocycles. The first-order chi connectivity index (χ1) is 18.0. The van der Waals surface area contributed by atoms with Crippen molar-refractivity contribution in [1.82, 2.24) is 5.32 Å². The predicted molar refractivity (Wildman–Crippen MR) is 163 cm³/mol. The maximum absolute atomic E-state index is 12.4.